The van der Waals surface area contributed by atoms with Crippen molar-refractivity contribution in [3.05, 3.63) is 0 Å². The molecule has 0 bridgehead atoms. The molecule has 0 spiro atoms. The van der Waals surface area contributed by atoms with Crippen LogP contribution < -0.4 is 0 Å². The maximum Gasteiger partial charge on any atom is 0.424 e. The van der Waals surface area contributed by atoms with E-state index in [0.29, 0.717) is 13.1 Å². The molecule has 0 aromatic rings. The first kappa shape index (κ1) is 10.7. The zero-order valence-electron chi connectivity index (χ0n) is 6.35. The summed E-state index contributed by atoms with van der Waals surface area (Å²) in [7, 11) is 1.03. The number of rotatable bonds is 2. The number of ether oxygens (including phenoxy) is 1. The van der Waals surface area contributed by atoms with E-state index in [0.717, 1.165) is 24.9 Å². The van der Waals surface area contributed by atoms with Gasteiger partial charge >= 0.3 is 6.23 Å². The van der Waals surface area contributed by atoms with Crippen LogP contribution in [-0.4, -0.2) is 31.3 Å². The van der Waals surface area contributed by atoms with Gasteiger partial charge in [0.15, 0.2) is 0 Å². The average molecular weight is 171 g/mol. The van der Waals surface area contributed by atoms with Crippen LogP contribution in [0.25, 0.3) is 0 Å². The summed E-state index contributed by atoms with van der Waals surface area (Å²) in [6.45, 7) is 0.891. The predicted molar refractivity (Wildman–Crippen MR) is 35.3 cm³/mol. The molecular weight excluding hydrogens is 159 g/mol. The summed E-state index contributed by atoms with van der Waals surface area (Å²) < 4.78 is 29.1. The van der Waals surface area contributed by atoms with E-state index >= 15 is 0 Å². The highest BCUT2D eigenvalue weighted by Gasteiger charge is 2.38. The molecule has 0 amide bonds. The van der Waals surface area contributed by atoms with E-state index in [4.69, 9.17) is 0 Å². The molecule has 1 aliphatic heterocycles. The Balaban J connectivity index is 0.000001000. The van der Waals surface area contributed by atoms with Crippen molar-refractivity contribution in [3.63, 3.8) is 0 Å². The molecule has 0 atom stereocenters. The van der Waals surface area contributed by atoms with E-state index in [9.17, 15) is 8.78 Å². The van der Waals surface area contributed by atoms with Gasteiger partial charge in [0.2, 0.25) is 0 Å². The SMILES string of the molecule is COC(F)(F)N1CCCC1.F. The standard InChI is InChI=1S/C6H11F2NO.FH/c1-10-6(7,8)9-4-2-3-5-9;/h2-5H2,1H3;1H. The van der Waals surface area contributed by atoms with Gasteiger partial charge in [0.25, 0.3) is 0 Å². The molecule has 0 N–H and O–H groups in total. The summed E-state index contributed by atoms with van der Waals surface area (Å²) in [5.74, 6) is 0. The summed E-state index contributed by atoms with van der Waals surface area (Å²) in [6.07, 6.45) is -1.35. The van der Waals surface area contributed by atoms with E-state index in [1.807, 2.05) is 0 Å². The first-order valence-corrected chi connectivity index (χ1v) is 3.35. The summed E-state index contributed by atoms with van der Waals surface area (Å²) in [4.78, 5) is 1.05. The molecule has 1 heterocycles. The zero-order valence-corrected chi connectivity index (χ0v) is 6.35. The Hall–Kier alpha value is -0.290. The molecule has 2 nitrogen and oxygen atoms in total. The number of likely N-dealkylation sites (tertiary alicyclic amines) is 1. The van der Waals surface area contributed by atoms with Gasteiger partial charge in [-0.1, -0.05) is 0 Å². The van der Waals surface area contributed by atoms with Gasteiger partial charge in [-0.3, -0.25) is 4.70 Å². The molecule has 0 aromatic carbocycles. The Morgan fingerprint density at radius 3 is 2.09 bits per heavy atom. The van der Waals surface area contributed by atoms with Gasteiger partial charge in [-0.25, -0.2) is 4.90 Å². The van der Waals surface area contributed by atoms with Crippen LogP contribution in [0.15, 0.2) is 0 Å². The lowest BCUT2D eigenvalue weighted by atomic mass is 10.4. The lowest BCUT2D eigenvalue weighted by molar-refractivity contribution is -0.309. The maximum absolute atomic E-state index is 12.6. The fourth-order valence-electron chi connectivity index (χ4n) is 1.11. The number of methoxy groups -OCH3 is 1. The van der Waals surface area contributed by atoms with Crippen LogP contribution >= 0.6 is 0 Å². The Morgan fingerprint density at radius 1 is 1.27 bits per heavy atom. The fourth-order valence-corrected chi connectivity index (χ4v) is 1.11. The van der Waals surface area contributed by atoms with Gasteiger partial charge in [-0.05, 0) is 12.8 Å². The molecule has 68 valence electrons. The van der Waals surface area contributed by atoms with E-state index in [1.54, 1.807) is 0 Å². The summed E-state index contributed by atoms with van der Waals surface area (Å²) >= 11 is 0. The highest BCUT2D eigenvalue weighted by Crippen LogP contribution is 2.24. The van der Waals surface area contributed by atoms with E-state index in [-0.39, 0.29) is 4.70 Å². The van der Waals surface area contributed by atoms with Gasteiger partial charge in [0, 0.05) is 20.2 Å². The minimum absolute atomic E-state index is 0. The molecule has 0 radical (unpaired) electrons. The molecule has 0 unspecified atom stereocenters. The number of alkyl halides is 2. The van der Waals surface area contributed by atoms with Crippen LogP contribution in [0.3, 0.4) is 0 Å². The summed E-state index contributed by atoms with van der Waals surface area (Å²) in [6, 6.07) is 0. The summed E-state index contributed by atoms with van der Waals surface area (Å²) in [5, 5.41) is 0. The lowest BCUT2D eigenvalue weighted by Crippen LogP contribution is -2.40. The number of nitrogens with zero attached hydrogens (tertiary/aromatic N) is 1. The van der Waals surface area contributed by atoms with Gasteiger partial charge < -0.3 is 4.74 Å². The van der Waals surface area contributed by atoms with Crippen LogP contribution in [0.4, 0.5) is 13.5 Å². The minimum atomic E-state index is -3.05. The third-order valence-corrected chi connectivity index (χ3v) is 1.72. The van der Waals surface area contributed by atoms with Gasteiger partial charge in [0.1, 0.15) is 0 Å². The Bertz CT molecular complexity index is 114. The Kier molecular flexibility index (Phi) is 3.82. The van der Waals surface area contributed by atoms with Crippen molar-refractivity contribution in [1.82, 2.24) is 4.90 Å². The molecule has 0 aliphatic carbocycles. The number of hydrogen-bond donors (Lipinski definition) is 0. The van der Waals surface area contributed by atoms with Crippen molar-refractivity contribution in [2.45, 2.75) is 19.1 Å². The van der Waals surface area contributed by atoms with Crippen molar-refractivity contribution in [2.75, 3.05) is 20.2 Å². The lowest BCUT2D eigenvalue weighted by Gasteiger charge is -2.23. The van der Waals surface area contributed by atoms with E-state index < -0.39 is 6.23 Å². The molecular formula is C6H12F3NO. The molecule has 1 aliphatic rings. The average Bonchev–Trinajstić information content (AvgIpc) is 2.38. The first-order chi connectivity index (χ1) is 4.67. The van der Waals surface area contributed by atoms with Crippen LogP contribution in [-0.2, 0) is 4.74 Å². The number of halogens is 3. The largest absolute Gasteiger partial charge is 0.424 e. The van der Waals surface area contributed by atoms with Crippen LogP contribution in [0.2, 0.25) is 0 Å². The first-order valence-electron chi connectivity index (χ1n) is 3.35. The van der Waals surface area contributed by atoms with Gasteiger partial charge in [0.05, 0.1) is 0 Å². The zero-order chi connectivity index (χ0) is 7.61. The predicted octanol–water partition coefficient (Wildman–Crippen LogP) is 1.43. The number of hydrogen-bond acceptors (Lipinski definition) is 2. The van der Waals surface area contributed by atoms with Crippen LogP contribution in [0, 0.1) is 0 Å². The van der Waals surface area contributed by atoms with Crippen molar-refractivity contribution in [2.24, 2.45) is 0 Å². The molecule has 1 fully saturated rings. The Labute approximate surface area is 63.5 Å². The van der Waals surface area contributed by atoms with Crippen LogP contribution in [0.1, 0.15) is 12.8 Å². The second kappa shape index (κ2) is 3.92. The second-order valence-electron chi connectivity index (χ2n) is 2.38. The summed E-state index contributed by atoms with van der Waals surface area (Å²) in [5.41, 5.74) is 0. The third-order valence-electron chi connectivity index (χ3n) is 1.72. The van der Waals surface area contributed by atoms with Crippen molar-refractivity contribution in [1.29, 1.82) is 0 Å². The topological polar surface area (TPSA) is 12.5 Å². The van der Waals surface area contributed by atoms with E-state index in [2.05, 4.69) is 4.74 Å². The third kappa shape index (κ3) is 2.34. The highest BCUT2D eigenvalue weighted by molar-refractivity contribution is 4.68. The van der Waals surface area contributed by atoms with Crippen molar-refractivity contribution >= 4 is 0 Å². The van der Waals surface area contributed by atoms with E-state index in [1.165, 1.54) is 0 Å². The van der Waals surface area contributed by atoms with Crippen LogP contribution in [0.5, 0.6) is 0 Å². The fraction of sp³-hybridized carbons (Fsp3) is 1.00. The van der Waals surface area contributed by atoms with Gasteiger partial charge in [-0.2, -0.15) is 8.78 Å². The Morgan fingerprint density at radius 2 is 1.73 bits per heavy atom. The highest BCUT2D eigenvalue weighted by atomic mass is 19.3. The molecule has 1 saturated heterocycles. The minimum Gasteiger partial charge on any atom is -0.310 e. The monoisotopic (exact) mass is 171 g/mol. The smallest absolute Gasteiger partial charge is 0.310 e. The molecule has 0 aromatic heterocycles. The molecule has 0 saturated carbocycles. The molecule has 5 heteroatoms. The molecule has 11 heavy (non-hydrogen) atoms. The normalized spacial score (nSPS) is 19.9. The van der Waals surface area contributed by atoms with Crippen molar-refractivity contribution < 1.29 is 18.2 Å². The molecule has 1 rings (SSSR count). The second-order valence-corrected chi connectivity index (χ2v) is 2.38. The quantitative estimate of drug-likeness (QED) is 0.583. The maximum atomic E-state index is 12.6. The van der Waals surface area contributed by atoms with Crippen molar-refractivity contribution in [3.8, 4) is 0 Å². The van der Waals surface area contributed by atoms with Gasteiger partial charge in [-0.15, -0.1) is 0 Å².